The van der Waals surface area contributed by atoms with E-state index in [1.165, 1.54) is 6.92 Å². The zero-order chi connectivity index (χ0) is 12.8. The van der Waals surface area contributed by atoms with Crippen LogP contribution in [0.4, 0.5) is 8.78 Å². The van der Waals surface area contributed by atoms with Crippen molar-refractivity contribution in [2.24, 2.45) is 0 Å². The minimum Gasteiger partial charge on any atom is -0.505 e. The summed E-state index contributed by atoms with van der Waals surface area (Å²) < 4.78 is 25.6. The van der Waals surface area contributed by atoms with Gasteiger partial charge in [0.05, 0.1) is 0 Å². The van der Waals surface area contributed by atoms with E-state index in [-0.39, 0.29) is 5.91 Å². The predicted octanol–water partition coefficient (Wildman–Crippen LogP) is 2.21. The number of halogens is 2. The van der Waals surface area contributed by atoms with Gasteiger partial charge in [0.25, 0.3) is 0 Å². The number of benzene rings is 1. The van der Waals surface area contributed by atoms with Gasteiger partial charge in [-0.15, -0.1) is 0 Å². The molecule has 0 heterocycles. The quantitative estimate of drug-likeness (QED) is 0.794. The Balaban J connectivity index is 2.57. The lowest BCUT2D eigenvalue weighted by Gasteiger charge is -2.00. The van der Waals surface area contributed by atoms with Gasteiger partial charge in [-0.25, -0.2) is 4.39 Å². The summed E-state index contributed by atoms with van der Waals surface area (Å²) in [6.07, 6.45) is 3.81. The highest BCUT2D eigenvalue weighted by Gasteiger charge is 2.07. The molecule has 0 aliphatic rings. The summed E-state index contributed by atoms with van der Waals surface area (Å²) in [5.74, 6) is -3.18. The molecule has 92 valence electrons. The molecule has 0 fully saturated rings. The molecule has 2 N–H and O–H groups in total. The van der Waals surface area contributed by atoms with Gasteiger partial charge >= 0.3 is 0 Å². The van der Waals surface area contributed by atoms with Gasteiger partial charge in [-0.3, -0.25) is 4.79 Å². The van der Waals surface area contributed by atoms with Crippen LogP contribution in [-0.2, 0) is 4.79 Å². The average Bonchev–Trinajstić information content (AvgIpc) is 2.25. The van der Waals surface area contributed by atoms with Crippen LogP contribution < -0.4 is 5.32 Å². The van der Waals surface area contributed by atoms with Crippen molar-refractivity contribution < 1.29 is 18.7 Å². The highest BCUT2D eigenvalue weighted by atomic mass is 19.2. The summed E-state index contributed by atoms with van der Waals surface area (Å²) in [7, 11) is 0. The third-order valence-electron chi connectivity index (χ3n) is 2.03. The standard InChI is InChI=1S/C12H13F2NO2/c1-8(16)15-5-3-2-4-9-6-10(13)12(14)11(17)7-9/h2,4,6-7,17H,3,5H2,1H3,(H,15,16). The number of hydrogen-bond donors (Lipinski definition) is 2. The molecule has 3 nitrogen and oxygen atoms in total. The zero-order valence-electron chi connectivity index (χ0n) is 9.34. The first-order chi connectivity index (χ1) is 8.00. The summed E-state index contributed by atoms with van der Waals surface area (Å²) in [4.78, 5) is 10.5. The van der Waals surface area contributed by atoms with Gasteiger partial charge in [0.1, 0.15) is 0 Å². The van der Waals surface area contributed by atoms with Crippen LogP contribution in [0.25, 0.3) is 6.08 Å². The molecule has 0 bridgehead atoms. The topological polar surface area (TPSA) is 49.3 Å². The van der Waals surface area contributed by atoms with E-state index in [0.717, 1.165) is 12.1 Å². The van der Waals surface area contributed by atoms with Gasteiger partial charge in [0, 0.05) is 13.5 Å². The summed E-state index contributed by atoms with van der Waals surface area (Å²) in [5.41, 5.74) is 0.365. The SMILES string of the molecule is CC(=O)NCCC=Cc1cc(O)c(F)c(F)c1. The van der Waals surface area contributed by atoms with E-state index in [1.807, 2.05) is 0 Å². The molecule has 0 aliphatic carbocycles. The van der Waals surface area contributed by atoms with Crippen molar-refractivity contribution >= 4 is 12.0 Å². The Bertz CT molecular complexity index is 421. The minimum atomic E-state index is -1.25. The summed E-state index contributed by atoms with van der Waals surface area (Å²) in [6, 6.07) is 2.12. The molecule has 0 atom stereocenters. The van der Waals surface area contributed by atoms with Crippen LogP contribution in [-0.4, -0.2) is 17.6 Å². The van der Waals surface area contributed by atoms with Gasteiger partial charge in [-0.2, -0.15) is 4.39 Å². The van der Waals surface area contributed by atoms with Crippen molar-refractivity contribution in [3.05, 3.63) is 35.4 Å². The van der Waals surface area contributed by atoms with E-state index in [0.29, 0.717) is 18.5 Å². The van der Waals surface area contributed by atoms with Gasteiger partial charge < -0.3 is 10.4 Å². The Morgan fingerprint density at radius 1 is 1.47 bits per heavy atom. The second-order valence-electron chi connectivity index (χ2n) is 3.51. The maximum Gasteiger partial charge on any atom is 0.216 e. The van der Waals surface area contributed by atoms with Crippen LogP contribution in [0.2, 0.25) is 0 Å². The first kappa shape index (κ1) is 13.2. The van der Waals surface area contributed by atoms with Gasteiger partial charge in [0.2, 0.25) is 5.91 Å². The Morgan fingerprint density at radius 3 is 2.76 bits per heavy atom. The molecular weight excluding hydrogens is 228 g/mol. The first-order valence-corrected chi connectivity index (χ1v) is 5.09. The fraction of sp³-hybridized carbons (Fsp3) is 0.250. The summed E-state index contributed by atoms with van der Waals surface area (Å²) in [5, 5.41) is 11.6. The van der Waals surface area contributed by atoms with Gasteiger partial charge in [0.15, 0.2) is 17.4 Å². The molecule has 1 aromatic carbocycles. The number of phenolic OH excluding ortho intramolecular Hbond substituents is 1. The van der Waals surface area contributed by atoms with Crippen LogP contribution in [0.5, 0.6) is 5.75 Å². The monoisotopic (exact) mass is 241 g/mol. The maximum atomic E-state index is 12.9. The predicted molar refractivity (Wildman–Crippen MR) is 60.4 cm³/mol. The van der Waals surface area contributed by atoms with Crippen molar-refractivity contribution in [2.45, 2.75) is 13.3 Å². The van der Waals surface area contributed by atoms with Gasteiger partial charge in [-0.05, 0) is 24.1 Å². The third-order valence-corrected chi connectivity index (χ3v) is 2.03. The van der Waals surface area contributed by atoms with Crippen molar-refractivity contribution in [3.63, 3.8) is 0 Å². The Morgan fingerprint density at radius 2 is 2.18 bits per heavy atom. The van der Waals surface area contributed by atoms with Crippen LogP contribution >= 0.6 is 0 Å². The lowest BCUT2D eigenvalue weighted by atomic mass is 10.1. The molecule has 0 radical (unpaired) electrons. The van der Waals surface area contributed by atoms with Crippen molar-refractivity contribution in [3.8, 4) is 5.75 Å². The van der Waals surface area contributed by atoms with Crippen LogP contribution in [0, 0.1) is 11.6 Å². The molecule has 1 amide bonds. The Hall–Kier alpha value is -1.91. The number of phenols is 1. The number of carbonyl (C=O) groups excluding carboxylic acids is 1. The largest absolute Gasteiger partial charge is 0.505 e. The maximum absolute atomic E-state index is 12.9. The van der Waals surface area contributed by atoms with Crippen molar-refractivity contribution in [2.75, 3.05) is 6.54 Å². The highest BCUT2D eigenvalue weighted by Crippen LogP contribution is 2.21. The Kier molecular flexibility index (Phi) is 4.63. The molecule has 0 aromatic heterocycles. The van der Waals surface area contributed by atoms with E-state index in [4.69, 9.17) is 5.11 Å². The molecule has 0 spiro atoms. The van der Waals surface area contributed by atoms with Crippen LogP contribution in [0.15, 0.2) is 18.2 Å². The van der Waals surface area contributed by atoms with E-state index >= 15 is 0 Å². The molecule has 0 saturated heterocycles. The second kappa shape index (κ2) is 5.98. The molecule has 0 saturated carbocycles. The molecule has 1 rings (SSSR count). The van der Waals surface area contributed by atoms with Crippen molar-refractivity contribution in [1.82, 2.24) is 5.32 Å². The smallest absolute Gasteiger partial charge is 0.216 e. The average molecular weight is 241 g/mol. The Labute approximate surface area is 97.8 Å². The second-order valence-corrected chi connectivity index (χ2v) is 3.51. The minimum absolute atomic E-state index is 0.121. The fourth-order valence-electron chi connectivity index (χ4n) is 1.24. The van der Waals surface area contributed by atoms with Crippen molar-refractivity contribution in [1.29, 1.82) is 0 Å². The lowest BCUT2D eigenvalue weighted by Crippen LogP contribution is -2.20. The number of amides is 1. The molecule has 1 aromatic rings. The van der Waals surface area contributed by atoms with E-state index in [2.05, 4.69) is 5.32 Å². The lowest BCUT2D eigenvalue weighted by molar-refractivity contribution is -0.118. The molecular formula is C12H13F2NO2. The zero-order valence-corrected chi connectivity index (χ0v) is 9.34. The number of rotatable bonds is 4. The van der Waals surface area contributed by atoms with Crippen LogP contribution in [0.3, 0.4) is 0 Å². The first-order valence-electron chi connectivity index (χ1n) is 5.09. The van der Waals surface area contributed by atoms with E-state index in [1.54, 1.807) is 12.2 Å². The highest BCUT2D eigenvalue weighted by molar-refractivity contribution is 5.72. The normalized spacial score (nSPS) is 10.8. The van der Waals surface area contributed by atoms with Gasteiger partial charge in [-0.1, -0.05) is 12.2 Å². The van der Waals surface area contributed by atoms with E-state index < -0.39 is 17.4 Å². The van der Waals surface area contributed by atoms with E-state index in [9.17, 15) is 13.6 Å². The fourth-order valence-corrected chi connectivity index (χ4v) is 1.24. The molecule has 0 unspecified atom stereocenters. The number of aromatic hydroxyl groups is 1. The number of nitrogens with one attached hydrogen (secondary N) is 1. The number of hydrogen-bond acceptors (Lipinski definition) is 2. The molecule has 17 heavy (non-hydrogen) atoms. The van der Waals surface area contributed by atoms with Crippen LogP contribution in [0.1, 0.15) is 18.9 Å². The summed E-state index contributed by atoms with van der Waals surface area (Å²) >= 11 is 0. The third kappa shape index (κ3) is 4.22. The molecule has 5 heteroatoms. The summed E-state index contributed by atoms with van der Waals surface area (Å²) in [6.45, 7) is 1.89. The number of carbonyl (C=O) groups is 1. The molecule has 0 aliphatic heterocycles.